The number of hydrogen-bond donors (Lipinski definition) is 1. The fraction of sp³-hybridized carbons (Fsp3) is 0.250. The number of hydrogen-bond acceptors (Lipinski definition) is 4. The van der Waals surface area contributed by atoms with Gasteiger partial charge in [-0.2, -0.15) is 0 Å². The van der Waals surface area contributed by atoms with Gasteiger partial charge >= 0.3 is 0 Å². The molecule has 17 heavy (non-hydrogen) atoms. The molecular formula is C12H13NO4. The summed E-state index contributed by atoms with van der Waals surface area (Å²) in [6.07, 6.45) is 6.12. The van der Waals surface area contributed by atoms with Crippen molar-refractivity contribution in [2.24, 2.45) is 0 Å². The van der Waals surface area contributed by atoms with Crippen molar-refractivity contribution in [3.63, 3.8) is 0 Å². The second-order valence-corrected chi connectivity index (χ2v) is 3.48. The predicted octanol–water partition coefficient (Wildman–Crippen LogP) is 0.889. The molecule has 0 unspecified atom stereocenters. The van der Waals surface area contributed by atoms with E-state index < -0.39 is 23.4 Å². The van der Waals surface area contributed by atoms with Crippen LogP contribution in [0.25, 0.3) is 0 Å². The highest BCUT2D eigenvalue weighted by molar-refractivity contribution is 6.29. The standard InChI is InChI=1S/C12H13NO4/c1-3-4-5-6-9(15)11-10(16)7-13(8(2)14)12(11)17/h3-6,15H,7H2,1-2H3/b4-3+,6-5+,11-9-. The number of rotatable bonds is 2. The molecule has 1 rings (SSSR count). The van der Waals surface area contributed by atoms with E-state index in [1.54, 1.807) is 19.1 Å². The molecule has 0 bridgehead atoms. The Morgan fingerprint density at radius 1 is 1.35 bits per heavy atom. The molecule has 0 aromatic rings. The lowest BCUT2D eigenvalue weighted by molar-refractivity contribution is -0.139. The zero-order valence-corrected chi connectivity index (χ0v) is 9.64. The number of likely N-dealkylation sites (tertiary alicyclic amines) is 1. The first-order chi connectivity index (χ1) is 7.99. The van der Waals surface area contributed by atoms with Gasteiger partial charge in [0.25, 0.3) is 5.91 Å². The van der Waals surface area contributed by atoms with Gasteiger partial charge in [0.2, 0.25) is 5.91 Å². The van der Waals surface area contributed by atoms with Gasteiger partial charge in [-0.1, -0.05) is 18.2 Å². The van der Waals surface area contributed by atoms with Crippen LogP contribution in [-0.4, -0.2) is 34.1 Å². The van der Waals surface area contributed by atoms with Crippen molar-refractivity contribution < 1.29 is 19.5 Å². The van der Waals surface area contributed by atoms with Gasteiger partial charge < -0.3 is 5.11 Å². The van der Waals surface area contributed by atoms with Gasteiger partial charge in [-0.05, 0) is 13.0 Å². The second-order valence-electron chi connectivity index (χ2n) is 3.48. The zero-order chi connectivity index (χ0) is 13.0. The number of allylic oxidation sites excluding steroid dienone is 4. The number of amides is 2. The Labute approximate surface area is 98.7 Å². The van der Waals surface area contributed by atoms with Gasteiger partial charge in [0.15, 0.2) is 5.78 Å². The molecule has 2 amide bonds. The van der Waals surface area contributed by atoms with Gasteiger partial charge in [-0.25, -0.2) is 0 Å². The lowest BCUT2D eigenvalue weighted by Crippen LogP contribution is -2.30. The molecule has 0 aromatic carbocycles. The molecule has 90 valence electrons. The highest BCUT2D eigenvalue weighted by atomic mass is 16.3. The number of carbonyl (C=O) groups is 3. The maximum atomic E-state index is 11.6. The number of Topliss-reactive ketones (excluding diaryl/α,β-unsaturated/α-hetero) is 1. The van der Waals surface area contributed by atoms with Gasteiger partial charge in [-0.15, -0.1) is 0 Å². The van der Waals surface area contributed by atoms with Gasteiger partial charge in [0.05, 0.1) is 6.54 Å². The minimum atomic E-state index is -0.745. The molecule has 0 saturated carbocycles. The van der Waals surface area contributed by atoms with Crippen molar-refractivity contribution in [2.45, 2.75) is 13.8 Å². The summed E-state index contributed by atoms with van der Waals surface area (Å²) in [6.45, 7) is 2.68. The smallest absolute Gasteiger partial charge is 0.268 e. The van der Waals surface area contributed by atoms with Crippen LogP contribution in [0.1, 0.15) is 13.8 Å². The molecule has 0 radical (unpaired) electrons. The number of ketones is 1. The molecule has 0 atom stereocenters. The highest BCUT2D eigenvalue weighted by Crippen LogP contribution is 2.17. The lowest BCUT2D eigenvalue weighted by atomic mass is 10.1. The first kappa shape index (κ1) is 12.9. The van der Waals surface area contributed by atoms with Crippen LogP contribution >= 0.6 is 0 Å². The van der Waals surface area contributed by atoms with Crippen molar-refractivity contribution in [2.75, 3.05) is 6.54 Å². The molecule has 0 spiro atoms. The molecule has 5 heteroatoms. The van der Waals surface area contributed by atoms with Crippen LogP contribution in [0, 0.1) is 0 Å². The third kappa shape index (κ3) is 2.69. The van der Waals surface area contributed by atoms with E-state index in [9.17, 15) is 19.5 Å². The maximum absolute atomic E-state index is 11.6. The summed E-state index contributed by atoms with van der Waals surface area (Å²) in [5.41, 5.74) is -0.332. The molecular weight excluding hydrogens is 222 g/mol. The van der Waals surface area contributed by atoms with E-state index in [1.807, 2.05) is 0 Å². The molecule has 0 aliphatic carbocycles. The first-order valence-corrected chi connectivity index (χ1v) is 5.07. The van der Waals surface area contributed by atoms with Crippen molar-refractivity contribution in [1.29, 1.82) is 0 Å². The molecule has 0 aromatic heterocycles. The van der Waals surface area contributed by atoms with Crippen LogP contribution in [0.5, 0.6) is 0 Å². The average Bonchev–Trinajstić information content (AvgIpc) is 2.54. The monoisotopic (exact) mass is 235 g/mol. The van der Waals surface area contributed by atoms with Crippen LogP contribution in [0.4, 0.5) is 0 Å². The van der Waals surface area contributed by atoms with E-state index in [0.717, 1.165) is 4.90 Å². The number of nitrogens with zero attached hydrogens (tertiary/aromatic N) is 1. The summed E-state index contributed by atoms with van der Waals surface area (Å²) in [7, 11) is 0. The molecule has 1 heterocycles. The summed E-state index contributed by atoms with van der Waals surface area (Å²) >= 11 is 0. The Morgan fingerprint density at radius 2 is 2.00 bits per heavy atom. The third-order valence-corrected chi connectivity index (χ3v) is 2.23. The second kappa shape index (κ2) is 5.25. The Hall–Kier alpha value is -2.17. The molecule has 1 aliphatic rings. The van der Waals surface area contributed by atoms with Gasteiger partial charge in [0, 0.05) is 6.92 Å². The molecule has 1 aliphatic heterocycles. The topological polar surface area (TPSA) is 74.7 Å². The SMILES string of the molecule is C/C=C/C=C/C(O)=C1\C(=O)CN(C(C)=O)C1=O. The van der Waals surface area contributed by atoms with E-state index in [2.05, 4.69) is 0 Å². The van der Waals surface area contributed by atoms with Gasteiger partial charge in [-0.3, -0.25) is 19.3 Å². The third-order valence-electron chi connectivity index (χ3n) is 2.23. The van der Waals surface area contributed by atoms with Crippen molar-refractivity contribution in [1.82, 2.24) is 4.90 Å². The summed E-state index contributed by atoms with van der Waals surface area (Å²) in [6, 6.07) is 0. The molecule has 1 fully saturated rings. The fourth-order valence-electron chi connectivity index (χ4n) is 1.40. The lowest BCUT2D eigenvalue weighted by Gasteiger charge is -2.07. The number of aliphatic hydroxyl groups excluding tert-OH is 1. The number of carbonyl (C=O) groups excluding carboxylic acids is 3. The van der Waals surface area contributed by atoms with Crippen molar-refractivity contribution >= 4 is 17.6 Å². The maximum Gasteiger partial charge on any atom is 0.268 e. The van der Waals surface area contributed by atoms with Crippen LogP contribution in [0.2, 0.25) is 0 Å². The van der Waals surface area contributed by atoms with Gasteiger partial charge in [0.1, 0.15) is 11.3 Å². The van der Waals surface area contributed by atoms with Crippen molar-refractivity contribution in [3.8, 4) is 0 Å². The Kier molecular flexibility index (Phi) is 3.98. The summed E-state index contributed by atoms with van der Waals surface area (Å²) in [4.78, 5) is 35.0. The minimum Gasteiger partial charge on any atom is -0.507 e. The van der Waals surface area contributed by atoms with E-state index in [1.165, 1.54) is 19.1 Å². The molecule has 1 N–H and O–H groups in total. The van der Waals surface area contributed by atoms with E-state index in [-0.39, 0.29) is 12.1 Å². The summed E-state index contributed by atoms with van der Waals surface area (Å²) in [5, 5.41) is 9.60. The molecule has 1 saturated heterocycles. The van der Waals surface area contributed by atoms with E-state index in [0.29, 0.717) is 0 Å². The highest BCUT2D eigenvalue weighted by Gasteiger charge is 2.38. The quantitative estimate of drug-likeness (QED) is 0.334. The Balaban J connectivity index is 3.05. The summed E-state index contributed by atoms with van der Waals surface area (Å²) in [5.74, 6) is -2.22. The van der Waals surface area contributed by atoms with Crippen LogP contribution in [0.15, 0.2) is 35.6 Å². The predicted molar refractivity (Wildman–Crippen MR) is 61.0 cm³/mol. The van der Waals surface area contributed by atoms with Crippen molar-refractivity contribution in [3.05, 3.63) is 35.6 Å². The molecule has 5 nitrogen and oxygen atoms in total. The first-order valence-electron chi connectivity index (χ1n) is 5.07. The fourth-order valence-corrected chi connectivity index (χ4v) is 1.40. The van der Waals surface area contributed by atoms with Crippen LogP contribution in [-0.2, 0) is 14.4 Å². The zero-order valence-electron chi connectivity index (χ0n) is 9.64. The Morgan fingerprint density at radius 3 is 2.47 bits per heavy atom. The van der Waals surface area contributed by atoms with Crippen LogP contribution < -0.4 is 0 Å². The normalized spacial score (nSPS) is 19.8. The largest absolute Gasteiger partial charge is 0.507 e. The van der Waals surface area contributed by atoms with Crippen LogP contribution in [0.3, 0.4) is 0 Å². The number of aliphatic hydroxyl groups is 1. The van der Waals surface area contributed by atoms with E-state index in [4.69, 9.17) is 0 Å². The summed E-state index contributed by atoms with van der Waals surface area (Å²) < 4.78 is 0. The average molecular weight is 235 g/mol. The Bertz CT molecular complexity index is 457. The number of imide groups is 1. The minimum absolute atomic E-state index is 0.301. The van der Waals surface area contributed by atoms with E-state index >= 15 is 0 Å².